The van der Waals surface area contributed by atoms with Crippen LogP contribution in [0.5, 0.6) is 5.75 Å². The summed E-state index contributed by atoms with van der Waals surface area (Å²) in [4.78, 5) is 12.9. The Morgan fingerprint density at radius 2 is 1.62 bits per heavy atom. The molecule has 0 unspecified atom stereocenters. The molecule has 0 aliphatic carbocycles. The fraction of sp³-hybridized carbons (Fsp3) is 0.133. The standard InChI is InChI=1S/C30H28ClN3O4S/c1-22-7-6-10-29(23(22)2)34(39(36,37)28-8-4-3-5-9-28)20-30(35)33-32-19-24-13-17-27(18-14-24)38-21-25-11-15-26(31)16-12-25/h3-19H,20-21H2,1-2H3,(H,33,35)/b32-19+. The summed E-state index contributed by atoms with van der Waals surface area (Å²) >= 11 is 5.91. The number of anilines is 1. The Kier molecular flexibility index (Phi) is 9.01. The predicted octanol–water partition coefficient (Wildman–Crippen LogP) is 5.88. The molecule has 4 rings (SSSR count). The monoisotopic (exact) mass is 561 g/mol. The van der Waals surface area contributed by atoms with Crippen molar-refractivity contribution in [2.24, 2.45) is 5.10 Å². The third-order valence-electron chi connectivity index (χ3n) is 6.06. The summed E-state index contributed by atoms with van der Waals surface area (Å²) in [7, 11) is -4.00. The van der Waals surface area contributed by atoms with E-state index in [1.807, 2.05) is 44.2 Å². The summed E-state index contributed by atoms with van der Waals surface area (Å²) in [5.41, 5.74) is 6.29. The van der Waals surface area contributed by atoms with Gasteiger partial charge in [0.05, 0.1) is 16.8 Å². The van der Waals surface area contributed by atoms with Gasteiger partial charge in [0.2, 0.25) is 0 Å². The molecular formula is C30H28ClN3O4S. The average molecular weight is 562 g/mol. The zero-order valence-electron chi connectivity index (χ0n) is 21.5. The van der Waals surface area contributed by atoms with Gasteiger partial charge in [0, 0.05) is 5.02 Å². The third kappa shape index (κ3) is 7.25. The van der Waals surface area contributed by atoms with Crippen LogP contribution in [0.3, 0.4) is 0 Å². The molecular weight excluding hydrogens is 534 g/mol. The second-order valence-corrected chi connectivity index (χ2v) is 11.1. The van der Waals surface area contributed by atoms with Crippen LogP contribution in [0.25, 0.3) is 0 Å². The van der Waals surface area contributed by atoms with Crippen molar-refractivity contribution in [2.75, 3.05) is 10.8 Å². The molecule has 200 valence electrons. The zero-order chi connectivity index (χ0) is 27.8. The quantitative estimate of drug-likeness (QED) is 0.193. The molecule has 0 heterocycles. The molecule has 4 aromatic rings. The number of ether oxygens (including phenoxy) is 1. The molecule has 0 aromatic heterocycles. The highest BCUT2D eigenvalue weighted by atomic mass is 35.5. The van der Waals surface area contributed by atoms with E-state index in [1.54, 1.807) is 54.6 Å². The lowest BCUT2D eigenvalue weighted by Gasteiger charge is -2.26. The van der Waals surface area contributed by atoms with Crippen molar-refractivity contribution in [3.63, 3.8) is 0 Å². The minimum Gasteiger partial charge on any atom is -0.489 e. The van der Waals surface area contributed by atoms with Gasteiger partial charge in [0.15, 0.2) is 0 Å². The fourth-order valence-electron chi connectivity index (χ4n) is 3.77. The number of hydrazone groups is 1. The first-order valence-corrected chi connectivity index (χ1v) is 14.0. The van der Waals surface area contributed by atoms with Gasteiger partial charge in [0.25, 0.3) is 15.9 Å². The zero-order valence-corrected chi connectivity index (χ0v) is 23.1. The van der Waals surface area contributed by atoms with Crippen LogP contribution in [0.15, 0.2) is 107 Å². The molecule has 9 heteroatoms. The van der Waals surface area contributed by atoms with E-state index in [0.717, 1.165) is 26.6 Å². The predicted molar refractivity (Wildman–Crippen MR) is 155 cm³/mol. The largest absolute Gasteiger partial charge is 0.489 e. The van der Waals surface area contributed by atoms with Gasteiger partial charge in [-0.25, -0.2) is 13.8 Å². The van der Waals surface area contributed by atoms with E-state index in [-0.39, 0.29) is 4.90 Å². The maximum Gasteiger partial charge on any atom is 0.264 e. The molecule has 0 saturated carbocycles. The van der Waals surface area contributed by atoms with E-state index in [1.165, 1.54) is 18.3 Å². The summed E-state index contributed by atoms with van der Waals surface area (Å²) in [6.45, 7) is 3.70. The number of carbonyl (C=O) groups excluding carboxylic acids is 1. The molecule has 1 N–H and O–H groups in total. The van der Waals surface area contributed by atoms with Gasteiger partial charge in [-0.05, 0) is 90.7 Å². The van der Waals surface area contributed by atoms with Crippen LogP contribution in [0.2, 0.25) is 5.02 Å². The SMILES string of the molecule is Cc1cccc(N(CC(=O)N/N=C/c2ccc(OCc3ccc(Cl)cc3)cc2)S(=O)(=O)c2ccccc2)c1C. The molecule has 0 bridgehead atoms. The lowest BCUT2D eigenvalue weighted by atomic mass is 10.1. The number of amides is 1. The van der Waals surface area contributed by atoms with Gasteiger partial charge in [0.1, 0.15) is 18.9 Å². The number of benzene rings is 4. The van der Waals surface area contributed by atoms with Gasteiger partial charge >= 0.3 is 0 Å². The number of halogens is 1. The number of nitrogens with zero attached hydrogens (tertiary/aromatic N) is 2. The maximum atomic E-state index is 13.5. The highest BCUT2D eigenvalue weighted by Crippen LogP contribution is 2.28. The molecule has 1 amide bonds. The van der Waals surface area contributed by atoms with E-state index in [4.69, 9.17) is 16.3 Å². The number of sulfonamides is 1. The minimum atomic E-state index is -4.00. The average Bonchev–Trinajstić information content (AvgIpc) is 2.94. The molecule has 0 aliphatic rings. The highest BCUT2D eigenvalue weighted by molar-refractivity contribution is 7.92. The molecule has 0 atom stereocenters. The van der Waals surface area contributed by atoms with Crippen molar-refractivity contribution in [1.82, 2.24) is 5.43 Å². The van der Waals surface area contributed by atoms with E-state index < -0.39 is 22.5 Å². The number of rotatable bonds is 10. The first-order chi connectivity index (χ1) is 18.7. The topological polar surface area (TPSA) is 88.1 Å². The summed E-state index contributed by atoms with van der Waals surface area (Å²) in [5, 5.41) is 4.69. The van der Waals surface area contributed by atoms with Gasteiger partial charge in [-0.3, -0.25) is 9.10 Å². The number of nitrogens with one attached hydrogen (secondary N) is 1. The summed E-state index contributed by atoms with van der Waals surface area (Å²) in [6, 6.07) is 28.0. The molecule has 7 nitrogen and oxygen atoms in total. The fourth-order valence-corrected chi connectivity index (χ4v) is 5.39. The lowest BCUT2D eigenvalue weighted by molar-refractivity contribution is -0.119. The molecule has 0 saturated heterocycles. The van der Waals surface area contributed by atoms with Crippen molar-refractivity contribution in [3.8, 4) is 5.75 Å². The Hall–Kier alpha value is -4.14. The van der Waals surface area contributed by atoms with Crippen LogP contribution in [-0.2, 0) is 21.4 Å². The lowest BCUT2D eigenvalue weighted by Crippen LogP contribution is -2.40. The second-order valence-electron chi connectivity index (χ2n) is 8.82. The number of aryl methyl sites for hydroxylation is 1. The first-order valence-electron chi connectivity index (χ1n) is 12.2. The van der Waals surface area contributed by atoms with Crippen molar-refractivity contribution in [3.05, 3.63) is 124 Å². The third-order valence-corrected chi connectivity index (χ3v) is 8.09. The maximum absolute atomic E-state index is 13.5. The van der Waals surface area contributed by atoms with Crippen molar-refractivity contribution < 1.29 is 17.9 Å². The minimum absolute atomic E-state index is 0.0978. The van der Waals surface area contributed by atoms with E-state index in [0.29, 0.717) is 23.1 Å². The van der Waals surface area contributed by atoms with E-state index in [9.17, 15) is 13.2 Å². The smallest absolute Gasteiger partial charge is 0.264 e. The van der Waals surface area contributed by atoms with Crippen LogP contribution < -0.4 is 14.5 Å². The van der Waals surface area contributed by atoms with Crippen LogP contribution in [-0.4, -0.2) is 27.1 Å². The Labute approximate surface area is 233 Å². The summed E-state index contributed by atoms with van der Waals surface area (Å²) in [6.07, 6.45) is 1.48. The van der Waals surface area contributed by atoms with Crippen LogP contribution in [0.4, 0.5) is 5.69 Å². The van der Waals surface area contributed by atoms with Crippen LogP contribution in [0.1, 0.15) is 22.3 Å². The molecule has 4 aromatic carbocycles. The van der Waals surface area contributed by atoms with Gasteiger partial charge < -0.3 is 4.74 Å². The number of hydrogen-bond acceptors (Lipinski definition) is 5. The molecule has 0 radical (unpaired) electrons. The second kappa shape index (κ2) is 12.6. The van der Waals surface area contributed by atoms with E-state index in [2.05, 4.69) is 10.5 Å². The van der Waals surface area contributed by atoms with Gasteiger partial charge in [-0.2, -0.15) is 5.10 Å². The van der Waals surface area contributed by atoms with Crippen molar-refractivity contribution in [2.45, 2.75) is 25.3 Å². The van der Waals surface area contributed by atoms with Crippen molar-refractivity contribution >= 4 is 39.4 Å². The molecule has 0 aliphatic heterocycles. The van der Waals surface area contributed by atoms with E-state index >= 15 is 0 Å². The Morgan fingerprint density at radius 1 is 0.923 bits per heavy atom. The van der Waals surface area contributed by atoms with Crippen LogP contribution in [0, 0.1) is 13.8 Å². The van der Waals surface area contributed by atoms with Gasteiger partial charge in [-0.15, -0.1) is 0 Å². The first kappa shape index (κ1) is 27.9. The number of hydrogen-bond donors (Lipinski definition) is 1. The van der Waals surface area contributed by atoms with Gasteiger partial charge in [-0.1, -0.05) is 54.1 Å². The Morgan fingerprint density at radius 3 is 2.31 bits per heavy atom. The van der Waals surface area contributed by atoms with Crippen LogP contribution >= 0.6 is 11.6 Å². The van der Waals surface area contributed by atoms with Crippen molar-refractivity contribution in [1.29, 1.82) is 0 Å². The molecule has 0 fully saturated rings. The molecule has 0 spiro atoms. The highest BCUT2D eigenvalue weighted by Gasteiger charge is 2.28. The summed E-state index contributed by atoms with van der Waals surface area (Å²) in [5.74, 6) is 0.107. The Balaban J connectivity index is 1.42. The Bertz CT molecular complexity index is 1560. The number of carbonyl (C=O) groups is 1. The normalized spacial score (nSPS) is 11.4. The summed E-state index contributed by atoms with van der Waals surface area (Å²) < 4.78 is 33.9. The molecule has 39 heavy (non-hydrogen) atoms.